The van der Waals surface area contributed by atoms with E-state index in [0.717, 1.165) is 12.8 Å². The van der Waals surface area contributed by atoms with Gasteiger partial charge in [-0.3, -0.25) is 19.2 Å². The molecule has 0 aliphatic carbocycles. The van der Waals surface area contributed by atoms with E-state index in [2.05, 4.69) is 16.0 Å². The lowest BCUT2D eigenvalue weighted by Gasteiger charge is -2.26. The van der Waals surface area contributed by atoms with Crippen molar-refractivity contribution in [3.63, 3.8) is 0 Å². The first-order chi connectivity index (χ1) is 13.0. The van der Waals surface area contributed by atoms with Gasteiger partial charge in [-0.25, -0.2) is 0 Å². The van der Waals surface area contributed by atoms with Crippen molar-refractivity contribution in [2.45, 2.75) is 98.7 Å². The third-order valence-electron chi connectivity index (χ3n) is 4.39. The first kappa shape index (κ1) is 26.1. The van der Waals surface area contributed by atoms with E-state index in [1.807, 2.05) is 34.6 Å². The number of Topliss-reactive ketones (excluding diaryl/α,β-unsaturated/α-hetero) is 1. The van der Waals surface area contributed by atoms with E-state index in [4.69, 9.17) is 0 Å². The second-order valence-electron chi connectivity index (χ2n) is 8.39. The summed E-state index contributed by atoms with van der Waals surface area (Å²) in [4.78, 5) is 48.8. The SMILES string of the molecule is CCCC[C@H](NC(=O)[C@H](CC(C)C)NC(=O)[C@H](CC(C)C)NC(C)=O)C(C)=O. The average molecular weight is 398 g/mol. The normalized spacial score (nSPS) is 14.3. The standard InChI is InChI=1S/C21H39N3O4/c1-8-9-10-17(15(6)25)23-21(28)19(12-14(4)5)24-20(27)18(11-13(2)3)22-16(7)26/h13-14,17-19H,8-12H2,1-7H3,(H,22,26)(H,23,28)(H,24,27)/t17-,18-,19-/m0/s1. The van der Waals surface area contributed by atoms with Gasteiger partial charge in [0.1, 0.15) is 12.1 Å². The molecule has 0 fully saturated rings. The van der Waals surface area contributed by atoms with Crippen molar-refractivity contribution in [3.8, 4) is 0 Å². The summed E-state index contributed by atoms with van der Waals surface area (Å²) in [6.07, 6.45) is 3.28. The molecule has 0 bridgehead atoms. The summed E-state index contributed by atoms with van der Waals surface area (Å²) in [5.74, 6) is -0.737. The van der Waals surface area contributed by atoms with Crippen LogP contribution in [-0.2, 0) is 19.2 Å². The fraction of sp³-hybridized carbons (Fsp3) is 0.810. The van der Waals surface area contributed by atoms with Crippen LogP contribution in [0.15, 0.2) is 0 Å². The fourth-order valence-electron chi connectivity index (χ4n) is 2.98. The first-order valence-corrected chi connectivity index (χ1v) is 10.4. The zero-order valence-corrected chi connectivity index (χ0v) is 18.6. The minimum Gasteiger partial charge on any atom is -0.345 e. The van der Waals surface area contributed by atoms with E-state index in [0.29, 0.717) is 19.3 Å². The highest BCUT2D eigenvalue weighted by molar-refractivity contribution is 5.94. The zero-order valence-electron chi connectivity index (χ0n) is 18.6. The maximum atomic E-state index is 12.8. The van der Waals surface area contributed by atoms with Gasteiger partial charge in [-0.2, -0.15) is 0 Å². The molecule has 0 rings (SSSR count). The van der Waals surface area contributed by atoms with Crippen LogP contribution >= 0.6 is 0 Å². The molecule has 7 heteroatoms. The van der Waals surface area contributed by atoms with Crippen LogP contribution in [0.2, 0.25) is 0 Å². The first-order valence-electron chi connectivity index (χ1n) is 10.4. The number of hydrogen-bond acceptors (Lipinski definition) is 4. The van der Waals surface area contributed by atoms with Gasteiger partial charge in [0, 0.05) is 6.92 Å². The maximum absolute atomic E-state index is 12.8. The molecule has 0 aromatic carbocycles. The van der Waals surface area contributed by atoms with Crippen LogP contribution in [0.1, 0.15) is 80.6 Å². The number of rotatable bonds is 13. The summed E-state index contributed by atoms with van der Waals surface area (Å²) >= 11 is 0. The van der Waals surface area contributed by atoms with Crippen molar-refractivity contribution in [3.05, 3.63) is 0 Å². The summed E-state index contributed by atoms with van der Waals surface area (Å²) in [7, 11) is 0. The van der Waals surface area contributed by atoms with E-state index in [1.165, 1.54) is 13.8 Å². The molecule has 0 aromatic heterocycles. The number of amides is 3. The predicted molar refractivity (Wildman–Crippen MR) is 111 cm³/mol. The highest BCUT2D eigenvalue weighted by Crippen LogP contribution is 2.10. The van der Waals surface area contributed by atoms with Crippen molar-refractivity contribution in [2.75, 3.05) is 0 Å². The molecular formula is C21H39N3O4. The molecule has 3 amide bonds. The predicted octanol–water partition coefficient (Wildman–Crippen LogP) is 2.33. The minimum absolute atomic E-state index is 0.0904. The molecule has 0 saturated carbocycles. The summed E-state index contributed by atoms with van der Waals surface area (Å²) in [6.45, 7) is 12.7. The Kier molecular flexibility index (Phi) is 12.4. The Morgan fingerprint density at radius 3 is 1.50 bits per heavy atom. The molecule has 3 N–H and O–H groups in total. The monoisotopic (exact) mass is 397 g/mol. The molecule has 0 aliphatic rings. The van der Waals surface area contributed by atoms with Gasteiger partial charge in [0.25, 0.3) is 0 Å². The number of unbranched alkanes of at least 4 members (excludes halogenated alkanes) is 1. The number of nitrogens with one attached hydrogen (secondary N) is 3. The van der Waals surface area contributed by atoms with Gasteiger partial charge < -0.3 is 16.0 Å². The molecule has 7 nitrogen and oxygen atoms in total. The lowest BCUT2D eigenvalue weighted by molar-refractivity contribution is -0.133. The number of carbonyl (C=O) groups excluding carboxylic acids is 4. The summed E-state index contributed by atoms with van der Waals surface area (Å²) in [5, 5.41) is 8.23. The molecule has 28 heavy (non-hydrogen) atoms. The third kappa shape index (κ3) is 11.0. The largest absolute Gasteiger partial charge is 0.345 e. The Labute approximate surface area is 169 Å². The minimum atomic E-state index is -0.751. The Balaban J connectivity index is 5.25. The second-order valence-corrected chi connectivity index (χ2v) is 8.39. The van der Waals surface area contributed by atoms with E-state index < -0.39 is 18.1 Å². The number of carbonyl (C=O) groups is 4. The Bertz CT molecular complexity index is 532. The molecule has 0 unspecified atom stereocenters. The molecule has 0 heterocycles. The average Bonchev–Trinajstić information content (AvgIpc) is 2.55. The molecule has 0 aliphatic heterocycles. The fourth-order valence-corrected chi connectivity index (χ4v) is 2.98. The van der Waals surface area contributed by atoms with E-state index >= 15 is 0 Å². The van der Waals surface area contributed by atoms with Crippen molar-refractivity contribution in [1.82, 2.24) is 16.0 Å². The van der Waals surface area contributed by atoms with Gasteiger partial charge in [0.05, 0.1) is 6.04 Å². The van der Waals surface area contributed by atoms with E-state index in [9.17, 15) is 19.2 Å². The Morgan fingerprint density at radius 2 is 1.14 bits per heavy atom. The molecule has 0 saturated heterocycles. The highest BCUT2D eigenvalue weighted by atomic mass is 16.2. The van der Waals surface area contributed by atoms with Gasteiger partial charge in [-0.15, -0.1) is 0 Å². The second kappa shape index (κ2) is 13.3. The summed E-state index contributed by atoms with van der Waals surface area (Å²) in [6, 6.07) is -1.98. The van der Waals surface area contributed by atoms with Crippen molar-refractivity contribution >= 4 is 23.5 Å². The quantitative estimate of drug-likeness (QED) is 0.444. The van der Waals surface area contributed by atoms with Crippen LogP contribution in [0.3, 0.4) is 0 Å². The topological polar surface area (TPSA) is 104 Å². The lowest BCUT2D eigenvalue weighted by atomic mass is 9.99. The van der Waals surface area contributed by atoms with E-state index in [1.54, 1.807) is 0 Å². The molecule has 0 aromatic rings. The molecule has 162 valence electrons. The number of ketones is 1. The van der Waals surface area contributed by atoms with Gasteiger partial charge in [0.15, 0.2) is 5.78 Å². The maximum Gasteiger partial charge on any atom is 0.243 e. The summed E-state index contributed by atoms with van der Waals surface area (Å²) in [5.41, 5.74) is 0. The van der Waals surface area contributed by atoms with Gasteiger partial charge in [-0.1, -0.05) is 47.5 Å². The number of hydrogen-bond donors (Lipinski definition) is 3. The van der Waals surface area contributed by atoms with Crippen LogP contribution in [0.4, 0.5) is 0 Å². The highest BCUT2D eigenvalue weighted by Gasteiger charge is 2.29. The van der Waals surface area contributed by atoms with Crippen LogP contribution in [0.25, 0.3) is 0 Å². The molecule has 0 radical (unpaired) electrons. The smallest absolute Gasteiger partial charge is 0.243 e. The Morgan fingerprint density at radius 1 is 0.714 bits per heavy atom. The molecule has 3 atom stereocenters. The van der Waals surface area contributed by atoms with Crippen molar-refractivity contribution in [2.24, 2.45) is 11.8 Å². The van der Waals surface area contributed by atoms with Crippen molar-refractivity contribution < 1.29 is 19.2 Å². The summed E-state index contributed by atoms with van der Waals surface area (Å²) < 4.78 is 0. The van der Waals surface area contributed by atoms with Crippen LogP contribution < -0.4 is 16.0 Å². The lowest BCUT2D eigenvalue weighted by Crippen LogP contribution is -2.56. The van der Waals surface area contributed by atoms with Crippen LogP contribution in [-0.4, -0.2) is 41.6 Å². The van der Waals surface area contributed by atoms with Crippen LogP contribution in [0.5, 0.6) is 0 Å². The van der Waals surface area contributed by atoms with E-state index in [-0.39, 0.29) is 35.3 Å². The van der Waals surface area contributed by atoms with Gasteiger partial charge in [0.2, 0.25) is 17.7 Å². The van der Waals surface area contributed by atoms with Crippen LogP contribution in [0, 0.1) is 11.8 Å². The molecule has 0 spiro atoms. The van der Waals surface area contributed by atoms with Crippen molar-refractivity contribution in [1.29, 1.82) is 0 Å². The van der Waals surface area contributed by atoms with Gasteiger partial charge >= 0.3 is 0 Å². The molecular weight excluding hydrogens is 358 g/mol. The Hall–Kier alpha value is -1.92. The van der Waals surface area contributed by atoms with Gasteiger partial charge in [-0.05, 0) is 38.0 Å². The third-order valence-corrected chi connectivity index (χ3v) is 4.39. The zero-order chi connectivity index (χ0) is 21.9.